The summed E-state index contributed by atoms with van der Waals surface area (Å²) in [4.78, 5) is 21.8. The first kappa shape index (κ1) is 24.6. The molecule has 186 valence electrons. The Morgan fingerprint density at radius 2 is 1.76 bits per heavy atom. The number of hydrogen-bond donors (Lipinski definition) is 1. The molecule has 0 fully saturated rings. The van der Waals surface area contributed by atoms with Crippen molar-refractivity contribution in [2.45, 2.75) is 30.9 Å². The van der Waals surface area contributed by atoms with E-state index in [2.05, 4.69) is 46.1 Å². The Hall–Kier alpha value is -4.10. The maximum absolute atomic E-state index is 12.6. The minimum absolute atomic E-state index is 0.102. The van der Waals surface area contributed by atoms with Crippen LogP contribution in [0.5, 0.6) is 5.75 Å². The van der Waals surface area contributed by atoms with Crippen LogP contribution >= 0.6 is 11.8 Å². The summed E-state index contributed by atoms with van der Waals surface area (Å²) in [5, 5.41) is 3.92. The number of amides is 1. The molecule has 7 heteroatoms. The van der Waals surface area contributed by atoms with Crippen LogP contribution in [0.3, 0.4) is 0 Å². The third-order valence-corrected chi connectivity index (χ3v) is 7.20. The number of ether oxygens (including phenoxy) is 1. The Balaban J connectivity index is 1.25. The SMILES string of the molecule is COc1cccc(CNC(=O)c2ccc(CSc3nc4ccncc4n3Cc3ccc(C)cc3)cc2)c1. The lowest BCUT2D eigenvalue weighted by Gasteiger charge is -2.10. The number of carbonyl (C=O) groups is 1. The number of hydrogen-bond acceptors (Lipinski definition) is 5. The van der Waals surface area contributed by atoms with Gasteiger partial charge in [-0.25, -0.2) is 4.98 Å². The summed E-state index contributed by atoms with van der Waals surface area (Å²) in [6.07, 6.45) is 3.65. The fourth-order valence-electron chi connectivity index (χ4n) is 4.05. The highest BCUT2D eigenvalue weighted by Crippen LogP contribution is 2.27. The predicted molar refractivity (Wildman–Crippen MR) is 148 cm³/mol. The van der Waals surface area contributed by atoms with Gasteiger partial charge in [0, 0.05) is 24.1 Å². The van der Waals surface area contributed by atoms with Gasteiger partial charge in [0.05, 0.1) is 30.9 Å². The zero-order valence-corrected chi connectivity index (χ0v) is 21.7. The average molecular weight is 509 g/mol. The summed E-state index contributed by atoms with van der Waals surface area (Å²) >= 11 is 1.69. The summed E-state index contributed by atoms with van der Waals surface area (Å²) in [6.45, 7) is 3.27. The number of imidazole rings is 1. The monoisotopic (exact) mass is 508 g/mol. The molecular formula is C30H28N4O2S. The number of nitrogens with zero attached hydrogens (tertiary/aromatic N) is 3. The molecule has 6 nitrogen and oxygen atoms in total. The van der Waals surface area contributed by atoms with Crippen molar-refractivity contribution in [3.05, 3.63) is 119 Å². The van der Waals surface area contributed by atoms with Crippen molar-refractivity contribution in [1.82, 2.24) is 19.9 Å². The lowest BCUT2D eigenvalue weighted by atomic mass is 10.1. The minimum atomic E-state index is -0.102. The van der Waals surface area contributed by atoms with Gasteiger partial charge in [-0.15, -0.1) is 0 Å². The summed E-state index contributed by atoms with van der Waals surface area (Å²) in [7, 11) is 1.63. The lowest BCUT2D eigenvalue weighted by molar-refractivity contribution is 0.0951. The number of rotatable bonds is 9. The van der Waals surface area contributed by atoms with Gasteiger partial charge in [-0.05, 0) is 53.9 Å². The van der Waals surface area contributed by atoms with Gasteiger partial charge in [0.1, 0.15) is 5.75 Å². The average Bonchev–Trinajstić information content (AvgIpc) is 3.29. The second-order valence-electron chi connectivity index (χ2n) is 8.85. The number of thioether (sulfide) groups is 1. The maximum Gasteiger partial charge on any atom is 0.251 e. The summed E-state index contributed by atoms with van der Waals surface area (Å²) in [5.41, 5.74) is 7.18. The van der Waals surface area contributed by atoms with Crippen molar-refractivity contribution >= 4 is 28.7 Å². The number of aryl methyl sites for hydroxylation is 1. The number of fused-ring (bicyclic) bond motifs is 1. The molecule has 1 N–H and O–H groups in total. The zero-order chi connectivity index (χ0) is 25.6. The van der Waals surface area contributed by atoms with Gasteiger partial charge in [-0.3, -0.25) is 9.78 Å². The van der Waals surface area contributed by atoms with E-state index < -0.39 is 0 Å². The lowest BCUT2D eigenvalue weighted by Crippen LogP contribution is -2.22. The normalized spacial score (nSPS) is 11.0. The third-order valence-electron chi connectivity index (χ3n) is 6.15. The van der Waals surface area contributed by atoms with Crippen LogP contribution in [0.2, 0.25) is 0 Å². The molecule has 0 bridgehead atoms. The third kappa shape index (κ3) is 6.01. The van der Waals surface area contributed by atoms with Crippen LogP contribution in [0.15, 0.2) is 96.4 Å². The van der Waals surface area contributed by atoms with Gasteiger partial charge >= 0.3 is 0 Å². The quantitative estimate of drug-likeness (QED) is 0.247. The Labute approximate surface area is 220 Å². The van der Waals surface area contributed by atoms with E-state index in [1.165, 1.54) is 11.1 Å². The first-order chi connectivity index (χ1) is 18.1. The molecule has 37 heavy (non-hydrogen) atoms. The minimum Gasteiger partial charge on any atom is -0.497 e. The molecule has 0 spiro atoms. The number of methoxy groups -OCH3 is 1. The second-order valence-corrected chi connectivity index (χ2v) is 9.79. The number of pyridine rings is 1. The molecule has 1 amide bonds. The van der Waals surface area contributed by atoms with Crippen LogP contribution in [0.4, 0.5) is 0 Å². The first-order valence-electron chi connectivity index (χ1n) is 12.1. The van der Waals surface area contributed by atoms with Crippen molar-refractivity contribution in [1.29, 1.82) is 0 Å². The van der Waals surface area contributed by atoms with E-state index in [0.717, 1.165) is 45.4 Å². The van der Waals surface area contributed by atoms with Gasteiger partial charge in [-0.1, -0.05) is 65.9 Å². The highest BCUT2D eigenvalue weighted by Gasteiger charge is 2.13. The number of nitrogens with one attached hydrogen (secondary N) is 1. The number of carbonyl (C=O) groups excluding carboxylic acids is 1. The topological polar surface area (TPSA) is 69.0 Å². The van der Waals surface area contributed by atoms with Crippen LogP contribution in [-0.4, -0.2) is 27.6 Å². The zero-order valence-electron chi connectivity index (χ0n) is 20.8. The van der Waals surface area contributed by atoms with E-state index in [9.17, 15) is 4.79 Å². The second kappa shape index (κ2) is 11.3. The molecule has 5 rings (SSSR count). The molecule has 5 aromatic rings. The van der Waals surface area contributed by atoms with Gasteiger partial charge < -0.3 is 14.6 Å². The molecule has 3 aromatic carbocycles. The first-order valence-corrected chi connectivity index (χ1v) is 13.1. The molecule has 0 atom stereocenters. The standard InChI is InChI=1S/C30H28N4O2S/c1-21-6-8-22(9-7-21)19-34-28-18-31-15-14-27(28)33-30(34)37-20-23-10-12-25(13-11-23)29(35)32-17-24-4-3-5-26(16-24)36-2/h3-16,18H,17,19-20H2,1-2H3,(H,32,35). The Kier molecular flexibility index (Phi) is 7.51. The Morgan fingerprint density at radius 3 is 2.54 bits per heavy atom. The van der Waals surface area contributed by atoms with Crippen molar-refractivity contribution in [2.24, 2.45) is 0 Å². The molecule has 0 saturated carbocycles. The van der Waals surface area contributed by atoms with Crippen molar-refractivity contribution < 1.29 is 9.53 Å². The molecule has 0 aliphatic rings. The van der Waals surface area contributed by atoms with Crippen LogP contribution < -0.4 is 10.1 Å². The van der Waals surface area contributed by atoms with Crippen LogP contribution in [-0.2, 0) is 18.8 Å². The number of benzene rings is 3. The molecule has 0 saturated heterocycles. The molecule has 0 unspecified atom stereocenters. The molecule has 0 aliphatic heterocycles. The van der Waals surface area contributed by atoms with Gasteiger partial charge in [-0.2, -0.15) is 0 Å². The van der Waals surface area contributed by atoms with E-state index in [0.29, 0.717) is 12.1 Å². The fraction of sp³-hybridized carbons (Fsp3) is 0.167. The van der Waals surface area contributed by atoms with Gasteiger partial charge in [0.15, 0.2) is 5.16 Å². The van der Waals surface area contributed by atoms with E-state index >= 15 is 0 Å². The van der Waals surface area contributed by atoms with E-state index in [-0.39, 0.29) is 5.91 Å². The summed E-state index contributed by atoms with van der Waals surface area (Å²) in [6, 6.07) is 26.0. The van der Waals surface area contributed by atoms with Crippen molar-refractivity contribution in [2.75, 3.05) is 7.11 Å². The van der Waals surface area contributed by atoms with E-state index in [1.807, 2.05) is 60.8 Å². The molecule has 0 aliphatic carbocycles. The summed E-state index contributed by atoms with van der Waals surface area (Å²) in [5.74, 6) is 1.42. The van der Waals surface area contributed by atoms with E-state index in [1.54, 1.807) is 25.1 Å². The molecular weight excluding hydrogens is 480 g/mol. The van der Waals surface area contributed by atoms with Gasteiger partial charge in [0.25, 0.3) is 5.91 Å². The van der Waals surface area contributed by atoms with E-state index in [4.69, 9.17) is 9.72 Å². The molecule has 2 aromatic heterocycles. The van der Waals surface area contributed by atoms with Crippen LogP contribution in [0.25, 0.3) is 11.0 Å². The largest absolute Gasteiger partial charge is 0.497 e. The number of aromatic nitrogens is 3. The Morgan fingerprint density at radius 1 is 0.973 bits per heavy atom. The van der Waals surface area contributed by atoms with Crippen LogP contribution in [0, 0.1) is 6.92 Å². The highest BCUT2D eigenvalue weighted by atomic mass is 32.2. The smallest absolute Gasteiger partial charge is 0.251 e. The van der Waals surface area contributed by atoms with Gasteiger partial charge in [0.2, 0.25) is 0 Å². The maximum atomic E-state index is 12.6. The van der Waals surface area contributed by atoms with Crippen molar-refractivity contribution in [3.63, 3.8) is 0 Å². The Bertz CT molecular complexity index is 1510. The summed E-state index contributed by atoms with van der Waals surface area (Å²) < 4.78 is 7.47. The van der Waals surface area contributed by atoms with Crippen LogP contribution in [0.1, 0.15) is 32.6 Å². The molecule has 2 heterocycles. The molecule has 0 radical (unpaired) electrons. The highest BCUT2D eigenvalue weighted by molar-refractivity contribution is 7.98. The predicted octanol–water partition coefficient (Wildman–Crippen LogP) is 6.02. The van der Waals surface area contributed by atoms with Crippen molar-refractivity contribution in [3.8, 4) is 5.75 Å². The fourth-order valence-corrected chi connectivity index (χ4v) is 5.02.